The molecule has 2 heteroatoms. The van der Waals surface area contributed by atoms with E-state index in [1.165, 1.54) is 16.3 Å². The Bertz CT molecular complexity index is 467. The third-order valence-electron chi connectivity index (χ3n) is 2.81. The summed E-state index contributed by atoms with van der Waals surface area (Å²) in [6.45, 7) is 0.161. The Morgan fingerprint density at radius 2 is 1.81 bits per heavy atom. The molecular formula is C14H17NO. The van der Waals surface area contributed by atoms with Crippen LogP contribution in [0.15, 0.2) is 42.5 Å². The van der Waals surface area contributed by atoms with Gasteiger partial charge in [0.15, 0.2) is 0 Å². The van der Waals surface area contributed by atoms with Gasteiger partial charge >= 0.3 is 0 Å². The van der Waals surface area contributed by atoms with E-state index in [0.717, 1.165) is 6.42 Å². The molecule has 0 saturated heterocycles. The van der Waals surface area contributed by atoms with E-state index in [1.807, 2.05) is 12.1 Å². The largest absolute Gasteiger partial charge is 0.396 e. The van der Waals surface area contributed by atoms with Gasteiger partial charge in [-0.05, 0) is 29.2 Å². The van der Waals surface area contributed by atoms with E-state index < -0.39 is 0 Å². The van der Waals surface area contributed by atoms with E-state index in [1.54, 1.807) is 0 Å². The zero-order chi connectivity index (χ0) is 11.4. The summed E-state index contributed by atoms with van der Waals surface area (Å²) in [6.07, 6.45) is 1.48. The minimum atomic E-state index is 0.0474. The summed E-state index contributed by atoms with van der Waals surface area (Å²) in [7, 11) is 0. The highest BCUT2D eigenvalue weighted by Gasteiger charge is 2.03. The van der Waals surface area contributed by atoms with Crippen LogP contribution < -0.4 is 5.73 Å². The van der Waals surface area contributed by atoms with Gasteiger partial charge in [0, 0.05) is 12.6 Å². The number of rotatable bonds is 4. The van der Waals surface area contributed by atoms with Crippen molar-refractivity contribution in [3.05, 3.63) is 48.0 Å². The van der Waals surface area contributed by atoms with Crippen LogP contribution in [0.1, 0.15) is 12.0 Å². The second kappa shape index (κ2) is 5.10. The molecule has 16 heavy (non-hydrogen) atoms. The molecule has 84 valence electrons. The molecule has 0 saturated carbocycles. The molecule has 0 radical (unpaired) electrons. The summed E-state index contributed by atoms with van der Waals surface area (Å²) >= 11 is 0. The monoisotopic (exact) mass is 215 g/mol. The molecule has 0 aliphatic rings. The Labute approximate surface area is 95.7 Å². The van der Waals surface area contributed by atoms with Crippen molar-refractivity contribution in [2.24, 2.45) is 5.73 Å². The molecule has 2 aromatic rings. The van der Waals surface area contributed by atoms with Crippen molar-refractivity contribution in [2.45, 2.75) is 18.9 Å². The maximum atomic E-state index is 8.81. The van der Waals surface area contributed by atoms with Gasteiger partial charge < -0.3 is 10.8 Å². The van der Waals surface area contributed by atoms with Crippen molar-refractivity contribution < 1.29 is 5.11 Å². The van der Waals surface area contributed by atoms with Crippen LogP contribution in [-0.2, 0) is 6.42 Å². The van der Waals surface area contributed by atoms with E-state index in [9.17, 15) is 0 Å². The maximum Gasteiger partial charge on any atom is 0.0445 e. The fraction of sp³-hybridized carbons (Fsp3) is 0.286. The highest BCUT2D eigenvalue weighted by molar-refractivity contribution is 5.82. The van der Waals surface area contributed by atoms with Crippen molar-refractivity contribution in [2.75, 3.05) is 6.61 Å². The van der Waals surface area contributed by atoms with Crippen LogP contribution in [0.3, 0.4) is 0 Å². The number of hydrogen-bond donors (Lipinski definition) is 2. The summed E-state index contributed by atoms with van der Waals surface area (Å²) in [6, 6.07) is 14.7. The normalized spacial score (nSPS) is 12.9. The van der Waals surface area contributed by atoms with Gasteiger partial charge in [0.05, 0.1) is 0 Å². The molecule has 0 aliphatic carbocycles. The van der Waals surface area contributed by atoms with Crippen molar-refractivity contribution in [1.29, 1.82) is 0 Å². The zero-order valence-electron chi connectivity index (χ0n) is 9.26. The van der Waals surface area contributed by atoms with E-state index >= 15 is 0 Å². The fourth-order valence-electron chi connectivity index (χ4n) is 1.94. The molecule has 2 aromatic carbocycles. The average Bonchev–Trinajstić information content (AvgIpc) is 2.29. The van der Waals surface area contributed by atoms with Gasteiger partial charge in [-0.25, -0.2) is 0 Å². The number of fused-ring (bicyclic) bond motifs is 1. The van der Waals surface area contributed by atoms with Crippen molar-refractivity contribution in [3.8, 4) is 0 Å². The second-order valence-corrected chi connectivity index (χ2v) is 4.16. The first-order chi connectivity index (χ1) is 7.79. The average molecular weight is 215 g/mol. The van der Waals surface area contributed by atoms with Gasteiger partial charge in [0.2, 0.25) is 0 Å². The second-order valence-electron chi connectivity index (χ2n) is 4.16. The molecule has 3 N–H and O–H groups in total. The lowest BCUT2D eigenvalue weighted by molar-refractivity contribution is 0.275. The molecule has 1 unspecified atom stereocenters. The molecule has 0 amide bonds. The third kappa shape index (κ3) is 2.60. The van der Waals surface area contributed by atoms with Crippen LogP contribution in [0.25, 0.3) is 10.8 Å². The highest BCUT2D eigenvalue weighted by atomic mass is 16.3. The molecule has 2 rings (SSSR count). The van der Waals surface area contributed by atoms with Crippen LogP contribution in [-0.4, -0.2) is 17.8 Å². The molecule has 0 spiro atoms. The highest BCUT2D eigenvalue weighted by Crippen LogP contribution is 2.16. The SMILES string of the molecule is NC(CCO)Cc1ccc2ccccc2c1. The smallest absolute Gasteiger partial charge is 0.0445 e. The Balaban J connectivity index is 2.19. The van der Waals surface area contributed by atoms with Crippen LogP contribution in [0.2, 0.25) is 0 Å². The molecule has 0 heterocycles. The number of aliphatic hydroxyl groups excluding tert-OH is 1. The maximum absolute atomic E-state index is 8.81. The van der Waals surface area contributed by atoms with Crippen molar-refractivity contribution >= 4 is 10.8 Å². The topological polar surface area (TPSA) is 46.2 Å². The molecule has 0 fully saturated rings. The third-order valence-corrected chi connectivity index (χ3v) is 2.81. The lowest BCUT2D eigenvalue weighted by Crippen LogP contribution is -2.23. The first-order valence-electron chi connectivity index (χ1n) is 5.63. The molecule has 0 aliphatic heterocycles. The summed E-state index contributed by atoms with van der Waals surface area (Å²) in [5.74, 6) is 0. The predicted octanol–water partition coefficient (Wildman–Crippen LogP) is 2.09. The summed E-state index contributed by atoms with van der Waals surface area (Å²) in [4.78, 5) is 0. The van der Waals surface area contributed by atoms with Gasteiger partial charge in [0.25, 0.3) is 0 Å². The van der Waals surface area contributed by atoms with Gasteiger partial charge in [-0.3, -0.25) is 0 Å². The fourth-order valence-corrected chi connectivity index (χ4v) is 1.94. The van der Waals surface area contributed by atoms with Crippen molar-refractivity contribution in [3.63, 3.8) is 0 Å². The van der Waals surface area contributed by atoms with Gasteiger partial charge in [0.1, 0.15) is 0 Å². The number of nitrogens with two attached hydrogens (primary N) is 1. The Hall–Kier alpha value is -1.38. The minimum absolute atomic E-state index is 0.0474. The Kier molecular flexibility index (Phi) is 3.54. The first-order valence-corrected chi connectivity index (χ1v) is 5.63. The Morgan fingerprint density at radius 3 is 2.56 bits per heavy atom. The molecular weight excluding hydrogens is 198 g/mol. The molecule has 1 atom stereocenters. The summed E-state index contributed by atoms with van der Waals surface area (Å²) in [5.41, 5.74) is 7.14. The van der Waals surface area contributed by atoms with Crippen molar-refractivity contribution in [1.82, 2.24) is 0 Å². The quantitative estimate of drug-likeness (QED) is 0.820. The first kappa shape index (κ1) is 11.1. The number of benzene rings is 2. The van der Waals surface area contributed by atoms with Gasteiger partial charge in [-0.1, -0.05) is 42.5 Å². The predicted molar refractivity (Wildman–Crippen MR) is 67.3 cm³/mol. The van der Waals surface area contributed by atoms with E-state index in [4.69, 9.17) is 10.8 Å². The molecule has 2 nitrogen and oxygen atoms in total. The van der Waals surface area contributed by atoms with Crippen LogP contribution in [0, 0.1) is 0 Å². The molecule has 0 aromatic heterocycles. The summed E-state index contributed by atoms with van der Waals surface area (Å²) < 4.78 is 0. The number of hydrogen-bond acceptors (Lipinski definition) is 2. The van der Waals surface area contributed by atoms with Crippen LogP contribution >= 0.6 is 0 Å². The minimum Gasteiger partial charge on any atom is -0.396 e. The zero-order valence-corrected chi connectivity index (χ0v) is 9.26. The standard InChI is InChI=1S/C14H17NO/c15-14(7-8-16)10-11-5-6-12-3-1-2-4-13(12)9-11/h1-6,9,14,16H,7-8,10,15H2. The van der Waals surface area contributed by atoms with Gasteiger partial charge in [-0.2, -0.15) is 0 Å². The van der Waals surface area contributed by atoms with E-state index in [-0.39, 0.29) is 12.6 Å². The Morgan fingerprint density at radius 1 is 1.06 bits per heavy atom. The molecule has 0 bridgehead atoms. The summed E-state index contributed by atoms with van der Waals surface area (Å²) in [5, 5.41) is 11.3. The lowest BCUT2D eigenvalue weighted by atomic mass is 10.0. The van der Waals surface area contributed by atoms with Crippen LogP contribution in [0.5, 0.6) is 0 Å². The van der Waals surface area contributed by atoms with E-state index in [2.05, 4.69) is 30.3 Å². The number of aliphatic hydroxyl groups is 1. The van der Waals surface area contributed by atoms with E-state index in [0.29, 0.717) is 6.42 Å². The van der Waals surface area contributed by atoms with Gasteiger partial charge in [-0.15, -0.1) is 0 Å². The van der Waals surface area contributed by atoms with Crippen LogP contribution in [0.4, 0.5) is 0 Å². The lowest BCUT2D eigenvalue weighted by Gasteiger charge is -2.10.